The Morgan fingerprint density at radius 3 is 2.13 bits per heavy atom. The third-order valence-corrected chi connectivity index (χ3v) is 4.90. The van der Waals surface area contributed by atoms with Crippen LogP contribution in [0.2, 0.25) is 0 Å². The molecule has 2 aliphatic rings. The summed E-state index contributed by atoms with van der Waals surface area (Å²) in [7, 11) is 0. The van der Waals surface area contributed by atoms with Crippen LogP contribution >= 0.6 is 0 Å². The van der Waals surface area contributed by atoms with Crippen molar-refractivity contribution in [3.63, 3.8) is 0 Å². The van der Waals surface area contributed by atoms with Crippen LogP contribution < -0.4 is 10.2 Å². The van der Waals surface area contributed by atoms with Crippen LogP contribution in [0.15, 0.2) is 48.5 Å². The van der Waals surface area contributed by atoms with Crippen molar-refractivity contribution >= 4 is 41.0 Å². The molecule has 0 aliphatic carbocycles. The Morgan fingerprint density at radius 2 is 1.57 bits per heavy atom. The maximum atomic E-state index is 12.5. The van der Waals surface area contributed by atoms with E-state index in [0.717, 1.165) is 0 Å². The molecule has 1 unspecified atom stereocenters. The molecule has 0 radical (unpaired) electrons. The smallest absolute Gasteiger partial charge is 0.329 e. The van der Waals surface area contributed by atoms with Crippen molar-refractivity contribution in [1.29, 1.82) is 0 Å². The van der Waals surface area contributed by atoms with E-state index in [2.05, 4.69) is 5.32 Å². The molecule has 30 heavy (non-hydrogen) atoms. The highest BCUT2D eigenvalue weighted by Gasteiger charge is 2.42. The van der Waals surface area contributed by atoms with Crippen LogP contribution in [-0.2, 0) is 19.2 Å². The van der Waals surface area contributed by atoms with Crippen molar-refractivity contribution in [3.05, 3.63) is 59.7 Å². The molecular weight excluding hydrogens is 390 g/mol. The fourth-order valence-electron chi connectivity index (χ4n) is 3.46. The number of anilines is 2. The molecule has 1 saturated heterocycles. The molecule has 0 spiro atoms. The predicted octanol–water partition coefficient (Wildman–Crippen LogP) is 1.75. The summed E-state index contributed by atoms with van der Waals surface area (Å²) in [6, 6.07) is 12.8. The van der Waals surface area contributed by atoms with E-state index < -0.39 is 23.7 Å². The van der Waals surface area contributed by atoms with E-state index in [4.69, 9.17) is 4.84 Å². The lowest BCUT2D eigenvalue weighted by Crippen LogP contribution is -2.36. The molecule has 2 aromatic rings. The van der Waals surface area contributed by atoms with E-state index in [1.807, 2.05) is 0 Å². The summed E-state index contributed by atoms with van der Waals surface area (Å²) in [5, 5.41) is 3.08. The van der Waals surface area contributed by atoms with Crippen molar-refractivity contribution in [2.45, 2.75) is 13.3 Å². The first-order chi connectivity index (χ1) is 14.3. The van der Waals surface area contributed by atoms with Crippen LogP contribution in [0.1, 0.15) is 34.1 Å². The number of benzene rings is 2. The van der Waals surface area contributed by atoms with Gasteiger partial charge < -0.3 is 15.1 Å². The van der Waals surface area contributed by atoms with E-state index in [9.17, 15) is 24.0 Å². The van der Waals surface area contributed by atoms with Crippen molar-refractivity contribution in [2.24, 2.45) is 5.92 Å². The Labute approximate surface area is 171 Å². The van der Waals surface area contributed by atoms with Gasteiger partial charge in [-0.2, -0.15) is 0 Å². The number of carbonyl (C=O) groups is 5. The number of nitrogens with zero attached hydrogens (tertiary/aromatic N) is 2. The Morgan fingerprint density at radius 1 is 0.967 bits per heavy atom. The van der Waals surface area contributed by atoms with Crippen LogP contribution in [0.5, 0.6) is 0 Å². The quantitative estimate of drug-likeness (QED) is 0.773. The maximum Gasteiger partial charge on any atom is 0.338 e. The fourth-order valence-corrected chi connectivity index (χ4v) is 3.46. The highest BCUT2D eigenvalue weighted by molar-refractivity contribution is 6.21. The Balaban J connectivity index is 1.43. The number of carbonyl (C=O) groups excluding carboxylic acids is 5. The molecular formula is C21H17N3O6. The second-order valence-electron chi connectivity index (χ2n) is 6.99. The van der Waals surface area contributed by atoms with Crippen molar-refractivity contribution in [3.8, 4) is 0 Å². The van der Waals surface area contributed by atoms with E-state index >= 15 is 0 Å². The number of nitrogens with one attached hydrogen (secondary N) is 1. The molecule has 1 atom stereocenters. The summed E-state index contributed by atoms with van der Waals surface area (Å²) < 4.78 is 0. The number of hydroxylamine groups is 2. The molecule has 2 heterocycles. The van der Waals surface area contributed by atoms with E-state index in [0.29, 0.717) is 16.4 Å². The molecule has 9 nitrogen and oxygen atoms in total. The van der Waals surface area contributed by atoms with Gasteiger partial charge in [-0.1, -0.05) is 17.2 Å². The van der Waals surface area contributed by atoms with Gasteiger partial charge in [0.1, 0.15) is 0 Å². The van der Waals surface area contributed by atoms with Crippen LogP contribution in [0, 0.1) is 5.92 Å². The zero-order chi connectivity index (χ0) is 21.4. The molecule has 0 saturated carbocycles. The summed E-state index contributed by atoms with van der Waals surface area (Å²) in [6.45, 7) is 1.45. The van der Waals surface area contributed by atoms with Crippen molar-refractivity contribution < 1.29 is 28.8 Å². The minimum Gasteiger partial charge on any atom is -0.329 e. The molecule has 2 aliphatic heterocycles. The van der Waals surface area contributed by atoms with Gasteiger partial charge in [0.05, 0.1) is 17.0 Å². The monoisotopic (exact) mass is 407 g/mol. The van der Waals surface area contributed by atoms with E-state index in [1.165, 1.54) is 24.0 Å². The van der Waals surface area contributed by atoms with Gasteiger partial charge in [-0.3, -0.25) is 19.2 Å². The summed E-state index contributed by atoms with van der Waals surface area (Å²) in [4.78, 5) is 67.2. The molecule has 4 amide bonds. The number of hydrogen-bond donors (Lipinski definition) is 1. The second kappa shape index (κ2) is 7.43. The number of fused-ring (bicyclic) bond motifs is 1. The standard InChI is InChI=1S/C21H17N3O6/c1-12(25)22-14-6-8-15(9-7-14)23-11-13(10-18(23)26)21(29)30-24-19(27)16-4-2-3-5-17(16)20(24)28/h2-9,13H,10-11H2,1H3,(H,22,25). The van der Waals surface area contributed by atoms with E-state index in [-0.39, 0.29) is 35.9 Å². The molecule has 2 aromatic carbocycles. The first kappa shape index (κ1) is 19.3. The Bertz CT molecular complexity index is 1040. The number of rotatable bonds is 4. The first-order valence-corrected chi connectivity index (χ1v) is 9.23. The van der Waals surface area contributed by atoms with Gasteiger partial charge in [0, 0.05) is 31.3 Å². The third-order valence-electron chi connectivity index (χ3n) is 4.90. The largest absolute Gasteiger partial charge is 0.338 e. The normalized spacial score (nSPS) is 17.9. The third kappa shape index (κ3) is 3.41. The molecule has 1 fully saturated rings. The van der Waals surface area contributed by atoms with E-state index in [1.54, 1.807) is 36.4 Å². The minimum atomic E-state index is -0.824. The maximum absolute atomic E-state index is 12.5. The predicted molar refractivity (Wildman–Crippen MR) is 104 cm³/mol. The number of hydrogen-bond acceptors (Lipinski definition) is 6. The van der Waals surface area contributed by atoms with Crippen molar-refractivity contribution in [2.75, 3.05) is 16.8 Å². The van der Waals surface area contributed by atoms with Crippen LogP contribution in [0.25, 0.3) is 0 Å². The zero-order valence-electron chi connectivity index (χ0n) is 16.0. The molecule has 1 N–H and O–H groups in total. The summed E-state index contributed by atoms with van der Waals surface area (Å²) in [5.41, 5.74) is 1.47. The average Bonchev–Trinajstić information content (AvgIpc) is 3.22. The number of amides is 4. The SMILES string of the molecule is CC(=O)Nc1ccc(N2CC(C(=O)ON3C(=O)c4ccccc4C3=O)CC2=O)cc1. The second-order valence-corrected chi connectivity index (χ2v) is 6.99. The fraction of sp³-hybridized carbons (Fsp3) is 0.190. The van der Waals surface area contributed by atoms with Crippen LogP contribution in [0.4, 0.5) is 11.4 Å². The highest BCUT2D eigenvalue weighted by Crippen LogP contribution is 2.29. The molecule has 4 rings (SSSR count). The van der Waals surface area contributed by atoms with Gasteiger partial charge in [-0.25, -0.2) is 4.79 Å². The summed E-state index contributed by atoms with van der Waals surface area (Å²) in [6.07, 6.45) is -0.102. The average molecular weight is 407 g/mol. The first-order valence-electron chi connectivity index (χ1n) is 9.23. The van der Waals surface area contributed by atoms with Gasteiger partial charge in [0.2, 0.25) is 11.8 Å². The number of imide groups is 1. The topological polar surface area (TPSA) is 113 Å². The van der Waals surface area contributed by atoms with Gasteiger partial charge in [-0.15, -0.1) is 0 Å². The van der Waals surface area contributed by atoms with Gasteiger partial charge in [0.25, 0.3) is 11.8 Å². The Kier molecular flexibility index (Phi) is 4.78. The van der Waals surface area contributed by atoms with Crippen LogP contribution in [-0.4, -0.2) is 41.2 Å². The molecule has 0 aromatic heterocycles. The summed E-state index contributed by atoms with van der Waals surface area (Å²) >= 11 is 0. The highest BCUT2D eigenvalue weighted by atomic mass is 16.7. The minimum absolute atomic E-state index is 0.0559. The lowest BCUT2D eigenvalue weighted by Gasteiger charge is -2.18. The Hall–Kier alpha value is -4.01. The zero-order valence-corrected chi connectivity index (χ0v) is 16.0. The molecule has 0 bridgehead atoms. The molecule has 9 heteroatoms. The molecule has 152 valence electrons. The van der Waals surface area contributed by atoms with Gasteiger partial charge in [0.15, 0.2) is 0 Å². The van der Waals surface area contributed by atoms with Gasteiger partial charge >= 0.3 is 5.97 Å². The summed E-state index contributed by atoms with van der Waals surface area (Å²) in [5.74, 6) is -3.56. The lowest BCUT2D eigenvalue weighted by molar-refractivity contribution is -0.173. The lowest BCUT2D eigenvalue weighted by atomic mass is 10.1. The van der Waals surface area contributed by atoms with Crippen LogP contribution in [0.3, 0.4) is 0 Å². The van der Waals surface area contributed by atoms with Crippen molar-refractivity contribution in [1.82, 2.24) is 5.06 Å². The van der Waals surface area contributed by atoms with Gasteiger partial charge in [-0.05, 0) is 36.4 Å².